The summed E-state index contributed by atoms with van der Waals surface area (Å²) >= 11 is 0. The van der Waals surface area contributed by atoms with Crippen molar-refractivity contribution >= 4 is 11.0 Å². The minimum Gasteiger partial charge on any atom is -0.341 e. The molecule has 1 fully saturated rings. The summed E-state index contributed by atoms with van der Waals surface area (Å²) < 4.78 is 39.0. The monoisotopic (exact) mass is 373 g/mol. The summed E-state index contributed by atoms with van der Waals surface area (Å²) in [6, 6.07) is 11.8. The zero-order valence-electron chi connectivity index (χ0n) is 15.2. The maximum absolute atomic E-state index is 13.0. The molecule has 1 aliphatic rings. The lowest BCUT2D eigenvalue weighted by molar-refractivity contribution is -0.137. The zero-order valence-corrected chi connectivity index (χ0v) is 15.2. The highest BCUT2D eigenvalue weighted by Crippen LogP contribution is 2.33. The van der Waals surface area contributed by atoms with Crippen LogP contribution >= 0.6 is 0 Å². The van der Waals surface area contributed by atoms with E-state index in [1.54, 1.807) is 6.07 Å². The number of likely N-dealkylation sites (tertiary alicyclic amines) is 1. The van der Waals surface area contributed by atoms with Gasteiger partial charge in [0.2, 0.25) is 0 Å². The van der Waals surface area contributed by atoms with Crippen LogP contribution in [0.3, 0.4) is 0 Å². The van der Waals surface area contributed by atoms with Gasteiger partial charge in [0.25, 0.3) is 0 Å². The average molecular weight is 373 g/mol. The second-order valence-electron chi connectivity index (χ2n) is 7.32. The van der Waals surface area contributed by atoms with Gasteiger partial charge in [0.1, 0.15) is 5.82 Å². The minimum absolute atomic E-state index is 0.0981. The van der Waals surface area contributed by atoms with Crippen molar-refractivity contribution in [1.82, 2.24) is 14.9 Å². The fourth-order valence-electron chi connectivity index (χ4n) is 3.87. The molecule has 27 heavy (non-hydrogen) atoms. The van der Waals surface area contributed by atoms with Gasteiger partial charge in [0.05, 0.1) is 22.6 Å². The largest absolute Gasteiger partial charge is 0.416 e. The van der Waals surface area contributed by atoms with Gasteiger partial charge in [-0.3, -0.25) is 4.90 Å². The average Bonchev–Trinajstić information content (AvgIpc) is 3.04. The highest BCUT2D eigenvalue weighted by atomic mass is 19.4. The number of benzene rings is 2. The molecule has 1 aromatic heterocycles. The number of hydrogen-bond acceptors (Lipinski definition) is 2. The Morgan fingerprint density at radius 1 is 1.15 bits per heavy atom. The number of aromatic nitrogens is 2. The standard InChI is InChI=1S/C21H22F3N3/c1-14-8-9-17-18(11-14)26-20(25-17)19-7-2-3-10-27(19)13-15-5-4-6-16(12-15)21(22,23)24/h4-6,8-9,11-12,19H,2-3,7,10,13H2,1H3,(H,25,26). The number of imidazole rings is 1. The molecule has 0 aliphatic carbocycles. The molecule has 142 valence electrons. The SMILES string of the molecule is Cc1ccc2nc(C3CCCCN3Cc3cccc(C(F)(F)F)c3)[nH]c2c1. The second-order valence-corrected chi connectivity index (χ2v) is 7.32. The van der Waals surface area contributed by atoms with Crippen molar-refractivity contribution in [3.8, 4) is 0 Å². The predicted molar refractivity (Wildman–Crippen MR) is 99.3 cm³/mol. The van der Waals surface area contributed by atoms with E-state index >= 15 is 0 Å². The number of H-pyrrole nitrogens is 1. The van der Waals surface area contributed by atoms with Crippen molar-refractivity contribution in [3.05, 3.63) is 65.0 Å². The number of fused-ring (bicyclic) bond motifs is 1. The predicted octanol–water partition coefficient (Wildman–Crippen LogP) is 5.62. The lowest BCUT2D eigenvalue weighted by Gasteiger charge is -2.34. The second kappa shape index (κ2) is 7.00. The summed E-state index contributed by atoms with van der Waals surface area (Å²) in [5.74, 6) is 0.905. The summed E-state index contributed by atoms with van der Waals surface area (Å²) in [6.45, 7) is 3.39. The summed E-state index contributed by atoms with van der Waals surface area (Å²) in [7, 11) is 0. The van der Waals surface area contributed by atoms with Gasteiger partial charge in [-0.25, -0.2) is 4.98 Å². The fraction of sp³-hybridized carbons (Fsp3) is 0.381. The van der Waals surface area contributed by atoms with Gasteiger partial charge in [-0.15, -0.1) is 0 Å². The molecule has 6 heteroatoms. The molecule has 3 nitrogen and oxygen atoms in total. The van der Waals surface area contributed by atoms with E-state index in [1.165, 1.54) is 17.7 Å². The Hall–Kier alpha value is -2.34. The van der Waals surface area contributed by atoms with Crippen LogP contribution in [0.4, 0.5) is 13.2 Å². The van der Waals surface area contributed by atoms with Crippen LogP contribution in [0.15, 0.2) is 42.5 Å². The third-order valence-corrected chi connectivity index (χ3v) is 5.22. The molecular weight excluding hydrogens is 351 g/mol. The number of piperidine rings is 1. The first-order valence-corrected chi connectivity index (χ1v) is 9.26. The first kappa shape index (κ1) is 18.0. The Bertz CT molecular complexity index is 945. The molecule has 3 aromatic rings. The van der Waals surface area contributed by atoms with Crippen molar-refractivity contribution in [2.75, 3.05) is 6.54 Å². The first-order chi connectivity index (χ1) is 12.9. The number of alkyl halides is 3. The van der Waals surface area contributed by atoms with E-state index in [2.05, 4.69) is 16.0 Å². The van der Waals surface area contributed by atoms with Gasteiger partial charge in [-0.05, 0) is 55.6 Å². The van der Waals surface area contributed by atoms with Crippen molar-refractivity contribution in [1.29, 1.82) is 0 Å². The fourth-order valence-corrected chi connectivity index (χ4v) is 3.87. The number of hydrogen-bond donors (Lipinski definition) is 1. The Balaban J connectivity index is 1.60. The third kappa shape index (κ3) is 3.86. The van der Waals surface area contributed by atoms with Gasteiger partial charge in [0, 0.05) is 6.54 Å². The van der Waals surface area contributed by atoms with E-state index in [0.29, 0.717) is 12.1 Å². The number of aryl methyl sites for hydroxylation is 1. The van der Waals surface area contributed by atoms with Crippen molar-refractivity contribution < 1.29 is 13.2 Å². The van der Waals surface area contributed by atoms with Crippen molar-refractivity contribution in [3.63, 3.8) is 0 Å². The number of halogens is 3. The highest BCUT2D eigenvalue weighted by molar-refractivity contribution is 5.75. The van der Waals surface area contributed by atoms with Crippen LogP contribution < -0.4 is 0 Å². The summed E-state index contributed by atoms with van der Waals surface area (Å²) in [5, 5.41) is 0. The number of aromatic amines is 1. The molecule has 0 bridgehead atoms. The third-order valence-electron chi connectivity index (χ3n) is 5.22. The van der Waals surface area contributed by atoms with E-state index in [-0.39, 0.29) is 6.04 Å². The molecule has 1 aliphatic heterocycles. The molecule has 2 aromatic carbocycles. The smallest absolute Gasteiger partial charge is 0.341 e. The van der Waals surface area contributed by atoms with Crippen LogP contribution in [0, 0.1) is 6.92 Å². The zero-order chi connectivity index (χ0) is 19.0. The number of nitrogens with one attached hydrogen (secondary N) is 1. The maximum atomic E-state index is 13.0. The molecule has 1 N–H and O–H groups in total. The first-order valence-electron chi connectivity index (χ1n) is 9.26. The van der Waals surface area contributed by atoms with Crippen LogP contribution in [-0.2, 0) is 12.7 Å². The molecule has 0 radical (unpaired) electrons. The van der Waals surface area contributed by atoms with Gasteiger partial charge in [0.15, 0.2) is 0 Å². The molecular formula is C21H22F3N3. The molecule has 1 atom stereocenters. The minimum atomic E-state index is -4.31. The van der Waals surface area contributed by atoms with Crippen LogP contribution in [0.5, 0.6) is 0 Å². The lowest BCUT2D eigenvalue weighted by Crippen LogP contribution is -2.33. The normalized spacial score (nSPS) is 18.9. The molecule has 0 spiro atoms. The van der Waals surface area contributed by atoms with E-state index in [4.69, 9.17) is 4.98 Å². The molecule has 2 heterocycles. The van der Waals surface area contributed by atoms with Gasteiger partial charge in [-0.1, -0.05) is 30.7 Å². The lowest BCUT2D eigenvalue weighted by atomic mass is 10.00. The Kier molecular flexibility index (Phi) is 4.68. The number of rotatable bonds is 3. The van der Waals surface area contributed by atoms with E-state index in [1.807, 2.05) is 19.1 Å². The molecule has 0 amide bonds. The van der Waals surface area contributed by atoms with Crippen LogP contribution in [0.25, 0.3) is 11.0 Å². The van der Waals surface area contributed by atoms with Gasteiger partial charge < -0.3 is 4.98 Å². The van der Waals surface area contributed by atoms with Crippen molar-refractivity contribution in [2.24, 2.45) is 0 Å². The van der Waals surface area contributed by atoms with E-state index < -0.39 is 11.7 Å². The van der Waals surface area contributed by atoms with Crippen LogP contribution in [-0.4, -0.2) is 21.4 Å². The van der Waals surface area contributed by atoms with E-state index in [0.717, 1.165) is 48.7 Å². The molecule has 4 rings (SSSR count). The van der Waals surface area contributed by atoms with Gasteiger partial charge >= 0.3 is 6.18 Å². The van der Waals surface area contributed by atoms with Crippen molar-refractivity contribution in [2.45, 2.75) is 44.9 Å². The van der Waals surface area contributed by atoms with E-state index in [9.17, 15) is 13.2 Å². The van der Waals surface area contributed by atoms with Gasteiger partial charge in [-0.2, -0.15) is 13.2 Å². The van der Waals surface area contributed by atoms with Crippen LogP contribution in [0.1, 0.15) is 47.8 Å². The summed E-state index contributed by atoms with van der Waals surface area (Å²) in [5.41, 5.74) is 3.20. The summed E-state index contributed by atoms with van der Waals surface area (Å²) in [6.07, 6.45) is -1.21. The quantitative estimate of drug-likeness (QED) is 0.646. The molecule has 1 unspecified atom stereocenters. The Morgan fingerprint density at radius 3 is 2.81 bits per heavy atom. The number of nitrogens with zero attached hydrogens (tertiary/aromatic N) is 2. The topological polar surface area (TPSA) is 31.9 Å². The molecule has 0 saturated carbocycles. The molecule has 1 saturated heterocycles. The highest BCUT2D eigenvalue weighted by Gasteiger charge is 2.31. The Labute approximate surface area is 156 Å². The summed E-state index contributed by atoms with van der Waals surface area (Å²) in [4.78, 5) is 10.4. The maximum Gasteiger partial charge on any atom is 0.416 e. The Morgan fingerprint density at radius 2 is 2.00 bits per heavy atom. The van der Waals surface area contributed by atoms with Crippen LogP contribution in [0.2, 0.25) is 0 Å².